The number of hydrogen-bond acceptors (Lipinski definition) is 3. The van der Waals surface area contributed by atoms with Crippen molar-refractivity contribution in [1.29, 1.82) is 0 Å². The van der Waals surface area contributed by atoms with E-state index in [2.05, 4.69) is 63.2 Å². The molecule has 0 saturated carbocycles. The van der Waals surface area contributed by atoms with Crippen LogP contribution in [0, 0.1) is 13.8 Å². The first-order valence-corrected chi connectivity index (χ1v) is 7.50. The van der Waals surface area contributed by atoms with Gasteiger partial charge in [0.25, 0.3) is 0 Å². The van der Waals surface area contributed by atoms with Gasteiger partial charge in [0.2, 0.25) is 0 Å². The Morgan fingerprint density at radius 1 is 1.14 bits per heavy atom. The van der Waals surface area contributed by atoms with Crippen molar-refractivity contribution in [2.24, 2.45) is 0 Å². The lowest BCUT2D eigenvalue weighted by Gasteiger charge is -2.06. The highest BCUT2D eigenvalue weighted by Gasteiger charge is 2.11. The van der Waals surface area contributed by atoms with Gasteiger partial charge >= 0.3 is 0 Å². The van der Waals surface area contributed by atoms with Crippen LogP contribution in [0.25, 0.3) is 0 Å². The Hall–Kier alpha value is -2.40. The molecule has 2 heterocycles. The molecule has 0 spiro atoms. The summed E-state index contributed by atoms with van der Waals surface area (Å²) in [5.41, 5.74) is 4.83. The van der Waals surface area contributed by atoms with Crippen LogP contribution in [0.5, 0.6) is 0 Å². The van der Waals surface area contributed by atoms with E-state index in [1.165, 1.54) is 16.8 Å². The largest absolute Gasteiger partial charge is 0.348 e. The Morgan fingerprint density at radius 3 is 2.68 bits per heavy atom. The van der Waals surface area contributed by atoms with Gasteiger partial charge in [-0.3, -0.25) is 4.68 Å². The molecule has 0 saturated heterocycles. The minimum atomic E-state index is 0.732. The predicted molar refractivity (Wildman–Crippen MR) is 86.4 cm³/mol. The molecule has 114 valence electrons. The van der Waals surface area contributed by atoms with Crippen LogP contribution in [0.2, 0.25) is 0 Å². The smallest absolute Gasteiger partial charge is 0.120 e. The fourth-order valence-electron chi connectivity index (χ4n) is 2.60. The van der Waals surface area contributed by atoms with Crippen molar-refractivity contribution in [2.45, 2.75) is 33.5 Å². The Morgan fingerprint density at radius 2 is 1.95 bits per heavy atom. The van der Waals surface area contributed by atoms with Crippen molar-refractivity contribution >= 4 is 0 Å². The second-order valence-electron chi connectivity index (χ2n) is 5.43. The number of rotatable bonds is 6. The summed E-state index contributed by atoms with van der Waals surface area (Å²) in [6.45, 7) is 6.54. The van der Waals surface area contributed by atoms with Crippen molar-refractivity contribution in [3.05, 3.63) is 71.1 Å². The number of aromatic nitrogens is 4. The average molecular weight is 295 g/mol. The second-order valence-corrected chi connectivity index (χ2v) is 5.43. The topological polar surface area (TPSA) is 58.5 Å². The quantitative estimate of drug-likeness (QED) is 0.735. The molecule has 0 aliphatic carbocycles. The number of aryl methyl sites for hydroxylation is 1. The maximum absolute atomic E-state index is 4.67. The summed E-state index contributed by atoms with van der Waals surface area (Å²) in [7, 11) is 0. The summed E-state index contributed by atoms with van der Waals surface area (Å²) < 4.78 is 2.08. The maximum atomic E-state index is 4.67. The molecule has 0 fully saturated rings. The van der Waals surface area contributed by atoms with Gasteiger partial charge in [-0.05, 0) is 19.4 Å². The minimum absolute atomic E-state index is 0.732. The van der Waals surface area contributed by atoms with Crippen LogP contribution in [0.4, 0.5) is 0 Å². The van der Waals surface area contributed by atoms with E-state index in [0.29, 0.717) is 0 Å². The normalized spacial score (nSPS) is 11.0. The minimum Gasteiger partial charge on any atom is -0.348 e. The van der Waals surface area contributed by atoms with Crippen molar-refractivity contribution < 1.29 is 0 Å². The molecular weight excluding hydrogens is 274 g/mol. The van der Waals surface area contributed by atoms with Crippen LogP contribution >= 0.6 is 0 Å². The summed E-state index contributed by atoms with van der Waals surface area (Å²) in [6.07, 6.45) is 3.61. The van der Waals surface area contributed by atoms with Crippen molar-refractivity contribution in [2.75, 3.05) is 0 Å². The number of H-pyrrole nitrogens is 1. The van der Waals surface area contributed by atoms with E-state index in [-0.39, 0.29) is 0 Å². The fraction of sp³-hybridized carbons (Fsp3) is 0.294. The molecule has 22 heavy (non-hydrogen) atoms. The number of nitrogens with zero attached hydrogens (tertiary/aromatic N) is 3. The molecule has 3 rings (SSSR count). The van der Waals surface area contributed by atoms with Crippen LogP contribution in [0.3, 0.4) is 0 Å². The summed E-state index contributed by atoms with van der Waals surface area (Å²) in [6, 6.07) is 10.4. The Balaban J connectivity index is 1.67. The Kier molecular flexibility index (Phi) is 4.34. The molecule has 0 atom stereocenters. The molecule has 0 aliphatic rings. The van der Waals surface area contributed by atoms with Crippen molar-refractivity contribution in [3.8, 4) is 0 Å². The van der Waals surface area contributed by atoms with Gasteiger partial charge in [-0.15, -0.1) is 0 Å². The SMILES string of the molecule is Cc1nn(Cc2ccccc2)c(C)c1CNCc1ncc[nH]1. The van der Waals surface area contributed by atoms with E-state index < -0.39 is 0 Å². The first-order valence-electron chi connectivity index (χ1n) is 7.50. The molecule has 0 unspecified atom stereocenters. The predicted octanol–water partition coefficient (Wildman–Crippen LogP) is 2.56. The number of hydrogen-bond donors (Lipinski definition) is 2. The van der Waals surface area contributed by atoms with Crippen LogP contribution in [-0.4, -0.2) is 19.7 Å². The highest BCUT2D eigenvalue weighted by Crippen LogP contribution is 2.14. The third kappa shape index (κ3) is 3.26. The average Bonchev–Trinajstić information content (AvgIpc) is 3.12. The first kappa shape index (κ1) is 14.5. The van der Waals surface area contributed by atoms with E-state index in [1.807, 2.05) is 12.3 Å². The van der Waals surface area contributed by atoms with Gasteiger partial charge in [0, 0.05) is 30.2 Å². The zero-order chi connectivity index (χ0) is 15.4. The van der Waals surface area contributed by atoms with E-state index in [0.717, 1.165) is 31.2 Å². The zero-order valence-corrected chi connectivity index (χ0v) is 13.0. The maximum Gasteiger partial charge on any atom is 0.120 e. The third-order valence-corrected chi connectivity index (χ3v) is 3.86. The number of aromatic amines is 1. The van der Waals surface area contributed by atoms with Gasteiger partial charge in [0.1, 0.15) is 5.82 Å². The monoisotopic (exact) mass is 295 g/mol. The fourth-order valence-corrected chi connectivity index (χ4v) is 2.60. The van der Waals surface area contributed by atoms with E-state index in [1.54, 1.807) is 6.20 Å². The van der Waals surface area contributed by atoms with Gasteiger partial charge in [0.05, 0.1) is 18.8 Å². The molecule has 3 aromatic rings. The zero-order valence-electron chi connectivity index (χ0n) is 13.0. The van der Waals surface area contributed by atoms with E-state index in [4.69, 9.17) is 0 Å². The van der Waals surface area contributed by atoms with E-state index >= 15 is 0 Å². The van der Waals surface area contributed by atoms with Crippen LogP contribution < -0.4 is 5.32 Å². The van der Waals surface area contributed by atoms with Crippen molar-refractivity contribution in [3.63, 3.8) is 0 Å². The van der Waals surface area contributed by atoms with Crippen LogP contribution in [-0.2, 0) is 19.6 Å². The molecule has 0 amide bonds. The Bertz CT molecular complexity index is 713. The number of nitrogens with one attached hydrogen (secondary N) is 2. The summed E-state index contributed by atoms with van der Waals surface area (Å²) in [5.74, 6) is 0.951. The molecule has 2 N–H and O–H groups in total. The van der Waals surface area contributed by atoms with Gasteiger partial charge in [-0.25, -0.2) is 4.98 Å². The summed E-state index contributed by atoms with van der Waals surface area (Å²) in [5, 5.41) is 8.09. The van der Waals surface area contributed by atoms with Gasteiger partial charge < -0.3 is 10.3 Å². The molecule has 5 nitrogen and oxygen atoms in total. The molecular formula is C17H21N5. The highest BCUT2D eigenvalue weighted by molar-refractivity contribution is 5.26. The second kappa shape index (κ2) is 6.58. The molecule has 2 aromatic heterocycles. The number of imidazole rings is 1. The summed E-state index contributed by atoms with van der Waals surface area (Å²) >= 11 is 0. The van der Waals surface area contributed by atoms with Crippen LogP contribution in [0.1, 0.15) is 28.3 Å². The van der Waals surface area contributed by atoms with Crippen molar-refractivity contribution in [1.82, 2.24) is 25.1 Å². The molecule has 0 bridgehead atoms. The lowest BCUT2D eigenvalue weighted by atomic mass is 10.2. The summed E-state index contributed by atoms with van der Waals surface area (Å²) in [4.78, 5) is 7.31. The lowest BCUT2D eigenvalue weighted by Crippen LogP contribution is -2.15. The first-order chi connectivity index (χ1) is 10.7. The van der Waals surface area contributed by atoms with Gasteiger partial charge in [-0.2, -0.15) is 5.10 Å². The van der Waals surface area contributed by atoms with Gasteiger partial charge in [-0.1, -0.05) is 30.3 Å². The standard InChI is InChI=1S/C17H21N5/c1-13-16(10-18-11-17-19-8-9-20-17)14(2)22(21-13)12-15-6-4-3-5-7-15/h3-9,18H,10-12H2,1-2H3,(H,19,20). The molecule has 5 heteroatoms. The Labute approximate surface area is 130 Å². The van der Waals surface area contributed by atoms with Gasteiger partial charge in [0.15, 0.2) is 0 Å². The lowest BCUT2D eigenvalue weighted by molar-refractivity contribution is 0.648. The van der Waals surface area contributed by atoms with Crippen LogP contribution in [0.15, 0.2) is 42.7 Å². The number of benzene rings is 1. The highest BCUT2D eigenvalue weighted by atomic mass is 15.3. The third-order valence-electron chi connectivity index (χ3n) is 3.86. The molecule has 1 aromatic carbocycles. The molecule has 0 aliphatic heterocycles. The molecule has 0 radical (unpaired) electrons. The van der Waals surface area contributed by atoms with E-state index in [9.17, 15) is 0 Å².